The fraction of sp³-hybridized carbons (Fsp3) is 0.933. The average Bonchev–Trinajstić information content (AvgIpc) is 2.69. The third kappa shape index (κ3) is 1.87. The van der Waals surface area contributed by atoms with Gasteiger partial charge in [-0.25, -0.2) is 4.79 Å². The minimum atomic E-state index is -0.0732. The van der Waals surface area contributed by atoms with Gasteiger partial charge in [0.05, 0.1) is 6.54 Å². The fourth-order valence-corrected chi connectivity index (χ4v) is 5.53. The standard InChI is InChI=1S/C15H24N2O2/c16-2-1-13-8-17(15(18)19-13)14-11-4-9-3-10(6-11)7-12(14)5-9/h9-14H,1-8,16H2. The largest absolute Gasteiger partial charge is 0.444 e. The first kappa shape index (κ1) is 12.0. The molecule has 0 spiro atoms. The van der Waals surface area contributed by atoms with Crippen LogP contribution in [0.4, 0.5) is 4.79 Å². The second-order valence-corrected chi connectivity index (χ2v) is 7.16. The molecule has 1 aliphatic heterocycles. The molecule has 5 aliphatic rings. The van der Waals surface area contributed by atoms with Crippen LogP contribution in [-0.4, -0.2) is 36.2 Å². The van der Waals surface area contributed by atoms with Crippen LogP contribution in [-0.2, 0) is 4.74 Å². The Morgan fingerprint density at radius 3 is 2.32 bits per heavy atom. The zero-order valence-corrected chi connectivity index (χ0v) is 11.5. The molecule has 1 saturated heterocycles. The second kappa shape index (κ2) is 4.37. The van der Waals surface area contributed by atoms with Gasteiger partial charge in [0.15, 0.2) is 0 Å². The Morgan fingerprint density at radius 2 is 1.74 bits per heavy atom. The summed E-state index contributed by atoms with van der Waals surface area (Å²) in [6.07, 6.45) is 7.62. The van der Waals surface area contributed by atoms with E-state index in [4.69, 9.17) is 10.5 Å². The highest BCUT2D eigenvalue weighted by Gasteiger charge is 2.52. The quantitative estimate of drug-likeness (QED) is 0.848. The molecule has 4 saturated carbocycles. The summed E-state index contributed by atoms with van der Waals surface area (Å²) in [5.74, 6) is 3.41. The number of nitrogens with zero attached hydrogens (tertiary/aromatic N) is 1. The number of rotatable bonds is 3. The van der Waals surface area contributed by atoms with Gasteiger partial charge >= 0.3 is 6.09 Å². The predicted octanol–water partition coefficient (Wildman–Crippen LogP) is 1.98. The summed E-state index contributed by atoms with van der Waals surface area (Å²) in [4.78, 5) is 14.2. The summed E-state index contributed by atoms with van der Waals surface area (Å²) in [5, 5.41) is 0. The SMILES string of the molecule is NCCC1CN(C2C3CC4CC(C3)CC2C4)C(=O)O1. The van der Waals surface area contributed by atoms with Gasteiger partial charge in [-0.15, -0.1) is 0 Å². The van der Waals surface area contributed by atoms with Crippen LogP contribution in [0.2, 0.25) is 0 Å². The van der Waals surface area contributed by atoms with Crippen molar-refractivity contribution in [3.05, 3.63) is 0 Å². The summed E-state index contributed by atoms with van der Waals surface area (Å²) in [5.41, 5.74) is 5.58. The van der Waals surface area contributed by atoms with Gasteiger partial charge in [-0.1, -0.05) is 0 Å². The van der Waals surface area contributed by atoms with Gasteiger partial charge in [-0.3, -0.25) is 0 Å². The molecule has 2 N–H and O–H groups in total. The molecule has 0 radical (unpaired) electrons. The topological polar surface area (TPSA) is 55.6 Å². The first-order valence-electron chi connectivity index (χ1n) is 7.92. The van der Waals surface area contributed by atoms with E-state index in [2.05, 4.69) is 4.90 Å². The van der Waals surface area contributed by atoms with Crippen LogP contribution in [0.15, 0.2) is 0 Å². The number of ether oxygens (including phenoxy) is 1. The first-order valence-corrected chi connectivity index (χ1v) is 7.92. The van der Waals surface area contributed by atoms with E-state index >= 15 is 0 Å². The van der Waals surface area contributed by atoms with Crippen molar-refractivity contribution in [2.45, 2.75) is 50.7 Å². The van der Waals surface area contributed by atoms with E-state index in [9.17, 15) is 4.79 Å². The minimum Gasteiger partial charge on any atom is -0.444 e. The van der Waals surface area contributed by atoms with Crippen molar-refractivity contribution in [1.82, 2.24) is 4.90 Å². The van der Waals surface area contributed by atoms with Crippen molar-refractivity contribution >= 4 is 6.09 Å². The van der Waals surface area contributed by atoms with Gasteiger partial charge in [0.25, 0.3) is 0 Å². The molecule has 0 aromatic carbocycles. The molecule has 106 valence electrons. The van der Waals surface area contributed by atoms with Crippen molar-refractivity contribution in [3.8, 4) is 0 Å². The number of nitrogens with two attached hydrogens (primary N) is 1. The zero-order chi connectivity index (χ0) is 13.0. The number of carbonyl (C=O) groups is 1. The third-order valence-corrected chi connectivity index (χ3v) is 5.93. The van der Waals surface area contributed by atoms with Gasteiger partial charge in [-0.05, 0) is 68.7 Å². The molecule has 1 heterocycles. The predicted molar refractivity (Wildman–Crippen MR) is 71.5 cm³/mol. The van der Waals surface area contributed by atoms with E-state index in [0.29, 0.717) is 12.6 Å². The lowest BCUT2D eigenvalue weighted by molar-refractivity contribution is -0.0480. The van der Waals surface area contributed by atoms with E-state index in [1.807, 2.05) is 0 Å². The molecule has 4 bridgehead atoms. The Bertz CT molecular complexity index is 356. The van der Waals surface area contributed by atoms with E-state index < -0.39 is 0 Å². The smallest absolute Gasteiger partial charge is 0.410 e. The monoisotopic (exact) mass is 264 g/mol. The fourth-order valence-electron chi connectivity index (χ4n) is 5.53. The Kier molecular flexibility index (Phi) is 2.76. The van der Waals surface area contributed by atoms with Crippen molar-refractivity contribution < 1.29 is 9.53 Å². The maximum Gasteiger partial charge on any atom is 0.410 e. The van der Waals surface area contributed by atoms with Gasteiger partial charge in [-0.2, -0.15) is 0 Å². The van der Waals surface area contributed by atoms with Crippen LogP contribution in [0.3, 0.4) is 0 Å². The third-order valence-electron chi connectivity index (χ3n) is 5.93. The van der Waals surface area contributed by atoms with E-state index in [-0.39, 0.29) is 12.2 Å². The molecular weight excluding hydrogens is 240 g/mol. The van der Waals surface area contributed by atoms with E-state index in [1.165, 1.54) is 32.1 Å². The van der Waals surface area contributed by atoms with Crippen LogP contribution in [0.1, 0.15) is 38.5 Å². The van der Waals surface area contributed by atoms with E-state index in [1.54, 1.807) is 0 Å². The summed E-state index contributed by atoms with van der Waals surface area (Å²) in [7, 11) is 0. The van der Waals surface area contributed by atoms with E-state index in [0.717, 1.165) is 36.6 Å². The molecule has 1 atom stereocenters. The van der Waals surface area contributed by atoms with Crippen molar-refractivity contribution in [2.24, 2.45) is 29.4 Å². The van der Waals surface area contributed by atoms with Crippen molar-refractivity contribution in [1.29, 1.82) is 0 Å². The maximum atomic E-state index is 12.1. The van der Waals surface area contributed by atoms with Crippen LogP contribution in [0, 0.1) is 23.7 Å². The van der Waals surface area contributed by atoms with Gasteiger partial charge < -0.3 is 15.4 Å². The van der Waals surface area contributed by atoms with Crippen LogP contribution in [0.25, 0.3) is 0 Å². The summed E-state index contributed by atoms with van der Waals surface area (Å²) in [6, 6.07) is 0.475. The molecule has 1 amide bonds. The van der Waals surface area contributed by atoms with Crippen LogP contribution < -0.4 is 5.73 Å². The molecule has 19 heavy (non-hydrogen) atoms. The minimum absolute atomic E-state index is 0.0367. The highest BCUT2D eigenvalue weighted by Crippen LogP contribution is 2.55. The second-order valence-electron chi connectivity index (χ2n) is 7.16. The highest BCUT2D eigenvalue weighted by atomic mass is 16.6. The summed E-state index contributed by atoms with van der Waals surface area (Å²) in [6.45, 7) is 1.39. The Morgan fingerprint density at radius 1 is 1.11 bits per heavy atom. The molecule has 0 aromatic rings. The first-order chi connectivity index (χ1) is 9.24. The molecule has 4 heteroatoms. The normalized spacial score (nSPS) is 47.8. The lowest BCUT2D eigenvalue weighted by Gasteiger charge is -2.56. The van der Waals surface area contributed by atoms with Gasteiger partial charge in [0.1, 0.15) is 6.10 Å². The van der Waals surface area contributed by atoms with Crippen LogP contribution >= 0.6 is 0 Å². The molecule has 0 aromatic heterocycles. The molecular formula is C15H24N2O2. The van der Waals surface area contributed by atoms with Gasteiger partial charge in [0, 0.05) is 6.04 Å². The van der Waals surface area contributed by atoms with Gasteiger partial charge in [0.2, 0.25) is 0 Å². The molecule has 1 unspecified atom stereocenters. The number of hydrogen-bond acceptors (Lipinski definition) is 3. The number of hydrogen-bond donors (Lipinski definition) is 1. The van der Waals surface area contributed by atoms with Crippen LogP contribution in [0.5, 0.6) is 0 Å². The van der Waals surface area contributed by atoms with Crippen molar-refractivity contribution in [3.63, 3.8) is 0 Å². The Labute approximate surface area is 114 Å². The molecule has 4 aliphatic carbocycles. The zero-order valence-electron chi connectivity index (χ0n) is 11.5. The summed E-state index contributed by atoms with van der Waals surface area (Å²) < 4.78 is 5.48. The number of cyclic esters (lactones) is 1. The lowest BCUT2D eigenvalue weighted by Crippen LogP contribution is -2.56. The molecule has 5 rings (SSSR count). The Balaban J connectivity index is 1.51. The highest BCUT2D eigenvalue weighted by molar-refractivity contribution is 5.70. The maximum absolute atomic E-state index is 12.1. The lowest BCUT2D eigenvalue weighted by atomic mass is 9.54. The summed E-state index contributed by atoms with van der Waals surface area (Å²) >= 11 is 0. The molecule has 4 nitrogen and oxygen atoms in total. The van der Waals surface area contributed by atoms with Crippen molar-refractivity contribution in [2.75, 3.05) is 13.1 Å². The number of amides is 1. The molecule has 5 fully saturated rings. The number of carbonyl (C=O) groups excluding carboxylic acids is 1. The Hall–Kier alpha value is -0.770. The average molecular weight is 264 g/mol.